The molecule has 0 aliphatic carbocycles. The molecule has 0 saturated carbocycles. The Labute approximate surface area is 99.2 Å². The molecular formula is C10H17N3O4. The minimum absolute atomic E-state index is 0.127. The second-order valence-electron chi connectivity index (χ2n) is 5.16. The second kappa shape index (κ2) is 4.31. The molecule has 0 bridgehead atoms. The Morgan fingerprint density at radius 2 is 1.94 bits per heavy atom. The van der Waals surface area contributed by atoms with Crippen LogP contribution in [0.15, 0.2) is 10.2 Å². The minimum Gasteiger partial charge on any atom is -0.480 e. The van der Waals surface area contributed by atoms with E-state index in [9.17, 15) is 9.59 Å². The van der Waals surface area contributed by atoms with Gasteiger partial charge in [-0.15, -0.1) is 0 Å². The summed E-state index contributed by atoms with van der Waals surface area (Å²) in [4.78, 5) is 22.4. The van der Waals surface area contributed by atoms with E-state index >= 15 is 0 Å². The van der Waals surface area contributed by atoms with Crippen LogP contribution in [0.3, 0.4) is 0 Å². The van der Waals surface area contributed by atoms with Crippen LogP contribution < -0.4 is 5.32 Å². The highest BCUT2D eigenvalue weighted by atomic mass is 16.6. The smallest absolute Gasteiger partial charge is 0.408 e. The molecule has 96 valence electrons. The summed E-state index contributed by atoms with van der Waals surface area (Å²) in [5, 5.41) is 18.7. The van der Waals surface area contributed by atoms with Crippen LogP contribution in [0.2, 0.25) is 0 Å². The lowest BCUT2D eigenvalue weighted by molar-refractivity contribution is -0.139. The number of nitrogens with one attached hydrogen (secondary N) is 1. The van der Waals surface area contributed by atoms with Crippen LogP contribution in [-0.4, -0.2) is 34.5 Å². The molecule has 0 aromatic heterocycles. The summed E-state index contributed by atoms with van der Waals surface area (Å²) in [6.45, 7) is 6.80. The van der Waals surface area contributed by atoms with Gasteiger partial charge >= 0.3 is 12.1 Å². The first-order valence-corrected chi connectivity index (χ1v) is 5.28. The van der Waals surface area contributed by atoms with Gasteiger partial charge < -0.3 is 15.2 Å². The monoisotopic (exact) mass is 243 g/mol. The molecule has 0 fully saturated rings. The summed E-state index contributed by atoms with van der Waals surface area (Å²) in [6.07, 6.45) is -0.629. The van der Waals surface area contributed by atoms with Crippen molar-refractivity contribution in [2.45, 2.75) is 51.4 Å². The summed E-state index contributed by atoms with van der Waals surface area (Å²) >= 11 is 0. The Morgan fingerprint density at radius 1 is 1.41 bits per heavy atom. The topological polar surface area (TPSA) is 100 Å². The molecule has 0 saturated heterocycles. The molecule has 0 aromatic carbocycles. The van der Waals surface area contributed by atoms with Gasteiger partial charge in [-0.2, -0.15) is 10.2 Å². The fourth-order valence-electron chi connectivity index (χ4n) is 1.20. The number of alkyl carbamates (subject to hydrolysis) is 1. The largest absolute Gasteiger partial charge is 0.480 e. The number of rotatable bonds is 4. The Balaban J connectivity index is 2.49. The molecule has 1 heterocycles. The van der Waals surface area contributed by atoms with Crippen LogP contribution in [0.25, 0.3) is 0 Å². The van der Waals surface area contributed by atoms with Gasteiger partial charge in [0.15, 0.2) is 5.66 Å². The van der Waals surface area contributed by atoms with Crippen molar-refractivity contribution in [3.05, 3.63) is 0 Å². The predicted molar refractivity (Wildman–Crippen MR) is 58.7 cm³/mol. The number of amides is 1. The third kappa shape index (κ3) is 4.80. The number of carbonyl (C=O) groups is 2. The second-order valence-corrected chi connectivity index (χ2v) is 5.16. The molecule has 0 spiro atoms. The highest BCUT2D eigenvalue weighted by Crippen LogP contribution is 2.32. The van der Waals surface area contributed by atoms with E-state index in [1.54, 1.807) is 27.7 Å². The van der Waals surface area contributed by atoms with E-state index in [2.05, 4.69) is 15.5 Å². The first-order chi connectivity index (χ1) is 7.61. The zero-order valence-electron chi connectivity index (χ0n) is 10.4. The van der Waals surface area contributed by atoms with Crippen molar-refractivity contribution in [1.82, 2.24) is 5.32 Å². The molecule has 7 heteroatoms. The zero-order valence-corrected chi connectivity index (χ0v) is 10.4. The van der Waals surface area contributed by atoms with E-state index in [0.717, 1.165) is 0 Å². The number of aliphatic carboxylic acids is 1. The first kappa shape index (κ1) is 13.4. The molecule has 0 aromatic rings. The Kier molecular flexibility index (Phi) is 3.40. The molecule has 1 rings (SSSR count). The summed E-state index contributed by atoms with van der Waals surface area (Å²) in [5.74, 6) is -1.13. The number of hydrogen-bond acceptors (Lipinski definition) is 5. The van der Waals surface area contributed by atoms with Crippen LogP contribution in [0.4, 0.5) is 4.79 Å². The summed E-state index contributed by atoms with van der Waals surface area (Å²) in [7, 11) is 0. The fraction of sp³-hybridized carbons (Fsp3) is 0.800. The van der Waals surface area contributed by atoms with Gasteiger partial charge in [-0.3, -0.25) is 0 Å². The fourth-order valence-corrected chi connectivity index (χ4v) is 1.20. The molecule has 0 radical (unpaired) electrons. The van der Waals surface area contributed by atoms with Crippen LogP contribution in [0.5, 0.6) is 0 Å². The number of carboxylic acid groups (broad SMARTS) is 1. The predicted octanol–water partition coefficient (Wildman–Crippen LogP) is 1.54. The van der Waals surface area contributed by atoms with Gasteiger partial charge in [-0.25, -0.2) is 9.59 Å². The lowest BCUT2D eigenvalue weighted by Gasteiger charge is -2.22. The average molecular weight is 243 g/mol. The van der Waals surface area contributed by atoms with Crippen molar-refractivity contribution in [3.63, 3.8) is 0 Å². The maximum Gasteiger partial charge on any atom is 0.408 e. The molecule has 17 heavy (non-hydrogen) atoms. The molecule has 2 N–H and O–H groups in total. The summed E-state index contributed by atoms with van der Waals surface area (Å²) < 4.78 is 4.98. The van der Waals surface area contributed by atoms with E-state index in [4.69, 9.17) is 9.84 Å². The van der Waals surface area contributed by atoms with Crippen molar-refractivity contribution in [1.29, 1.82) is 0 Å². The number of ether oxygens (including phenoxy) is 1. The van der Waals surface area contributed by atoms with E-state index in [1.165, 1.54) is 0 Å². The lowest BCUT2D eigenvalue weighted by atomic mass is 10.1. The highest BCUT2D eigenvalue weighted by Gasteiger charge is 2.40. The van der Waals surface area contributed by atoms with Gasteiger partial charge in [0.1, 0.15) is 11.6 Å². The van der Waals surface area contributed by atoms with Gasteiger partial charge in [0, 0.05) is 6.42 Å². The number of hydrogen-bond donors (Lipinski definition) is 2. The number of nitrogens with zero attached hydrogens (tertiary/aromatic N) is 2. The minimum atomic E-state index is -1.13. The van der Waals surface area contributed by atoms with E-state index in [1.807, 2.05) is 0 Å². The van der Waals surface area contributed by atoms with Crippen molar-refractivity contribution in [2.24, 2.45) is 10.2 Å². The Bertz CT molecular complexity index is 353. The number of carboxylic acids is 1. The van der Waals surface area contributed by atoms with Crippen molar-refractivity contribution < 1.29 is 19.4 Å². The van der Waals surface area contributed by atoms with Crippen molar-refractivity contribution in [2.75, 3.05) is 0 Å². The normalized spacial score (nSPS) is 18.4. The Hall–Kier alpha value is -1.66. The standard InChI is InChI=1S/C10H17N3O4/c1-9(2,3)17-8(16)11-6(7(14)15)5-10(4)12-13-10/h6H,5H2,1-4H3,(H,11,16)(H,14,15). The zero-order chi connectivity index (χ0) is 13.3. The summed E-state index contributed by atoms with van der Waals surface area (Å²) in [5.41, 5.74) is -1.34. The van der Waals surface area contributed by atoms with Crippen LogP contribution >= 0.6 is 0 Å². The molecule has 1 atom stereocenters. The van der Waals surface area contributed by atoms with Gasteiger partial charge in [-0.1, -0.05) is 0 Å². The van der Waals surface area contributed by atoms with E-state index < -0.39 is 29.4 Å². The van der Waals surface area contributed by atoms with Gasteiger partial charge in [0.2, 0.25) is 0 Å². The van der Waals surface area contributed by atoms with Crippen LogP contribution in [-0.2, 0) is 9.53 Å². The van der Waals surface area contributed by atoms with Gasteiger partial charge in [0.25, 0.3) is 0 Å². The summed E-state index contributed by atoms with van der Waals surface area (Å²) in [6, 6.07) is -1.05. The first-order valence-electron chi connectivity index (χ1n) is 5.28. The Morgan fingerprint density at radius 3 is 2.29 bits per heavy atom. The maximum atomic E-state index is 11.4. The van der Waals surface area contributed by atoms with E-state index in [-0.39, 0.29) is 6.42 Å². The van der Waals surface area contributed by atoms with E-state index in [0.29, 0.717) is 0 Å². The lowest BCUT2D eigenvalue weighted by Crippen LogP contribution is -2.45. The molecule has 1 aliphatic heterocycles. The quantitative estimate of drug-likeness (QED) is 0.781. The molecule has 1 aliphatic rings. The third-order valence-corrected chi connectivity index (χ3v) is 2.02. The molecule has 7 nitrogen and oxygen atoms in total. The van der Waals surface area contributed by atoms with Gasteiger partial charge in [0.05, 0.1) is 0 Å². The molecule has 1 amide bonds. The van der Waals surface area contributed by atoms with Gasteiger partial charge in [-0.05, 0) is 27.7 Å². The van der Waals surface area contributed by atoms with Crippen LogP contribution in [0.1, 0.15) is 34.1 Å². The van der Waals surface area contributed by atoms with Crippen molar-refractivity contribution in [3.8, 4) is 0 Å². The molecule has 1 unspecified atom stereocenters. The highest BCUT2D eigenvalue weighted by molar-refractivity contribution is 5.80. The van der Waals surface area contributed by atoms with Crippen molar-refractivity contribution >= 4 is 12.1 Å². The maximum absolute atomic E-state index is 11.4. The average Bonchev–Trinajstić information content (AvgIpc) is 2.78. The SMILES string of the molecule is CC1(CC(NC(=O)OC(C)(C)C)C(=O)O)N=N1. The number of carbonyl (C=O) groups excluding carboxylic acids is 1. The third-order valence-electron chi connectivity index (χ3n) is 2.02. The molecular weight excluding hydrogens is 226 g/mol. The van der Waals surface area contributed by atoms with Crippen LogP contribution in [0, 0.1) is 0 Å².